The van der Waals surface area contributed by atoms with Gasteiger partial charge in [0.15, 0.2) is 6.04 Å². The Balaban J connectivity index is 1.52. The van der Waals surface area contributed by atoms with Crippen LogP contribution in [-0.4, -0.2) is 12.3 Å². The third kappa shape index (κ3) is 3.99. The van der Waals surface area contributed by atoms with Crippen molar-refractivity contribution < 1.29 is 4.99 Å². The van der Waals surface area contributed by atoms with Crippen LogP contribution in [0.1, 0.15) is 66.1 Å². The van der Waals surface area contributed by atoms with Crippen molar-refractivity contribution in [1.82, 2.24) is 5.32 Å². The fourth-order valence-electron chi connectivity index (χ4n) is 5.15. The zero-order valence-electron chi connectivity index (χ0n) is 18.9. The highest BCUT2D eigenvalue weighted by atomic mass is 14.9. The Morgan fingerprint density at radius 2 is 1.47 bits per heavy atom. The Labute approximate surface area is 191 Å². The minimum atomic E-state index is 0.187. The first-order valence-electron chi connectivity index (χ1n) is 11.7. The lowest BCUT2D eigenvalue weighted by molar-refractivity contribution is -0.489. The molecule has 0 amide bonds. The van der Waals surface area contributed by atoms with Gasteiger partial charge in [0.25, 0.3) is 0 Å². The molecule has 2 heteroatoms. The molecule has 0 saturated carbocycles. The van der Waals surface area contributed by atoms with Crippen LogP contribution < -0.4 is 10.3 Å². The van der Waals surface area contributed by atoms with Crippen molar-refractivity contribution in [2.45, 2.75) is 38.3 Å². The Morgan fingerprint density at radius 3 is 2.19 bits per heavy atom. The molecule has 0 aromatic heterocycles. The molecule has 0 fully saturated rings. The van der Waals surface area contributed by atoms with E-state index < -0.39 is 0 Å². The van der Waals surface area contributed by atoms with E-state index in [4.69, 9.17) is 0 Å². The summed E-state index contributed by atoms with van der Waals surface area (Å²) in [6.07, 6.45) is 7.94. The molecule has 160 valence electrons. The van der Waals surface area contributed by atoms with Gasteiger partial charge in [-0.05, 0) is 48.2 Å². The van der Waals surface area contributed by atoms with E-state index in [1.807, 2.05) is 0 Å². The van der Waals surface area contributed by atoms with Crippen molar-refractivity contribution in [3.8, 4) is 0 Å². The highest BCUT2D eigenvalue weighted by Gasteiger charge is 2.29. The van der Waals surface area contributed by atoms with Gasteiger partial charge in [-0.2, -0.15) is 0 Å². The number of benzene rings is 3. The summed E-state index contributed by atoms with van der Waals surface area (Å²) >= 11 is 0. The van der Waals surface area contributed by atoms with E-state index in [1.54, 1.807) is 0 Å². The molecule has 3 atom stereocenters. The van der Waals surface area contributed by atoms with Crippen LogP contribution in [0.15, 0.2) is 103 Å². The lowest BCUT2D eigenvalue weighted by Crippen LogP contribution is -2.72. The number of allylic oxidation sites excluding steroid dienone is 1. The third-order valence-electron chi connectivity index (χ3n) is 6.83. The van der Waals surface area contributed by atoms with Crippen molar-refractivity contribution in [2.75, 3.05) is 6.54 Å². The molecule has 2 nitrogen and oxygen atoms in total. The molecule has 0 spiro atoms. The van der Waals surface area contributed by atoms with E-state index in [2.05, 4.69) is 121 Å². The second-order valence-electron chi connectivity index (χ2n) is 8.86. The van der Waals surface area contributed by atoms with E-state index in [0.29, 0.717) is 12.0 Å². The third-order valence-corrected chi connectivity index (χ3v) is 6.83. The van der Waals surface area contributed by atoms with Gasteiger partial charge in [-0.25, -0.2) is 4.99 Å². The molecule has 0 aliphatic carbocycles. The monoisotopic (exact) mass is 419 g/mol. The number of nitrogens with one attached hydrogen (secondary N) is 2. The van der Waals surface area contributed by atoms with Crippen LogP contribution in [0.2, 0.25) is 0 Å². The molecule has 0 bridgehead atoms. The molecule has 2 N–H and O–H groups in total. The highest BCUT2D eigenvalue weighted by molar-refractivity contribution is 6.09. The Kier molecular flexibility index (Phi) is 5.87. The van der Waals surface area contributed by atoms with E-state index in [-0.39, 0.29) is 6.04 Å². The van der Waals surface area contributed by atoms with Crippen LogP contribution >= 0.6 is 0 Å². The Bertz CT molecular complexity index is 1190. The first-order chi connectivity index (χ1) is 15.7. The maximum Gasteiger partial charge on any atom is 0.209 e. The van der Waals surface area contributed by atoms with Gasteiger partial charge in [0.2, 0.25) is 5.71 Å². The van der Waals surface area contributed by atoms with Crippen molar-refractivity contribution in [3.63, 3.8) is 0 Å². The van der Waals surface area contributed by atoms with Crippen molar-refractivity contribution in [2.24, 2.45) is 0 Å². The molecule has 3 aromatic rings. The summed E-state index contributed by atoms with van der Waals surface area (Å²) in [5.41, 5.74) is 9.37. The fraction of sp³-hybridized carbons (Fsp3) is 0.233. The first-order valence-corrected chi connectivity index (χ1v) is 11.7. The largest absolute Gasteiger partial charge is 0.306 e. The molecule has 3 aromatic carbocycles. The topological polar surface area (TPSA) is 26.0 Å². The highest BCUT2D eigenvalue weighted by Crippen LogP contribution is 2.35. The molecule has 32 heavy (non-hydrogen) atoms. The van der Waals surface area contributed by atoms with Gasteiger partial charge in [0, 0.05) is 35.2 Å². The van der Waals surface area contributed by atoms with Crippen LogP contribution in [0, 0.1) is 0 Å². The van der Waals surface area contributed by atoms with Gasteiger partial charge in [-0.3, -0.25) is 0 Å². The summed E-state index contributed by atoms with van der Waals surface area (Å²) in [4.78, 5) is 3.80. The van der Waals surface area contributed by atoms with Gasteiger partial charge in [0.1, 0.15) is 0 Å². The standard InChI is InChI=1S/C30H30N2/c1-21-20-29(32-30(21)23-12-4-3-5-13-23)27-17-9-7-15-25(27)22(2)24-14-6-8-16-26(24)28-18-10-11-19-31-28/h3-17,20,22,28-29,31H,18-19H2,1-2H3/p+1/t22-,28?,29?/m1/s1. The Hall–Kier alpha value is -3.23. The van der Waals surface area contributed by atoms with Gasteiger partial charge in [-0.1, -0.05) is 85.8 Å². The molecular formula is C30H31N2+. The van der Waals surface area contributed by atoms with Crippen LogP contribution in [-0.2, 0) is 0 Å². The smallest absolute Gasteiger partial charge is 0.209 e. The average molecular weight is 420 g/mol. The van der Waals surface area contributed by atoms with Crippen LogP contribution in [0.4, 0.5) is 0 Å². The predicted octanol–water partition coefficient (Wildman–Crippen LogP) is 5.00. The minimum Gasteiger partial charge on any atom is -0.306 e. The van der Waals surface area contributed by atoms with Crippen LogP contribution in [0.3, 0.4) is 0 Å². The zero-order valence-corrected chi connectivity index (χ0v) is 18.9. The van der Waals surface area contributed by atoms with Crippen molar-refractivity contribution >= 4 is 5.71 Å². The zero-order chi connectivity index (χ0) is 21.9. The average Bonchev–Trinajstić information content (AvgIpc) is 3.26. The molecule has 0 radical (unpaired) electrons. The summed E-state index contributed by atoms with van der Waals surface area (Å²) in [6.45, 7) is 5.50. The van der Waals surface area contributed by atoms with Crippen LogP contribution in [0.5, 0.6) is 0 Å². The van der Waals surface area contributed by atoms with Gasteiger partial charge >= 0.3 is 0 Å². The van der Waals surface area contributed by atoms with Gasteiger partial charge in [0.05, 0.1) is 0 Å². The molecule has 0 saturated heterocycles. The quantitative estimate of drug-likeness (QED) is 0.559. The van der Waals surface area contributed by atoms with E-state index in [1.165, 1.54) is 39.1 Å². The number of rotatable bonds is 5. The van der Waals surface area contributed by atoms with Gasteiger partial charge < -0.3 is 5.32 Å². The maximum absolute atomic E-state index is 3.80. The minimum absolute atomic E-state index is 0.187. The molecule has 5 rings (SSSR count). The molecule has 2 unspecified atom stereocenters. The summed E-state index contributed by atoms with van der Waals surface area (Å²) in [5, 5.41) is 3.67. The molecule has 2 aliphatic rings. The van der Waals surface area contributed by atoms with E-state index >= 15 is 0 Å². The van der Waals surface area contributed by atoms with E-state index in [9.17, 15) is 0 Å². The predicted molar refractivity (Wildman–Crippen MR) is 133 cm³/mol. The van der Waals surface area contributed by atoms with Crippen molar-refractivity contribution in [3.05, 3.63) is 130 Å². The summed E-state index contributed by atoms with van der Waals surface area (Å²) in [7, 11) is 0. The van der Waals surface area contributed by atoms with Gasteiger partial charge in [-0.15, -0.1) is 0 Å². The first kappa shape index (κ1) is 20.7. The molecule has 2 heterocycles. The second kappa shape index (κ2) is 9.10. The van der Waals surface area contributed by atoms with Crippen LogP contribution in [0.25, 0.3) is 0 Å². The second-order valence-corrected chi connectivity index (χ2v) is 8.86. The summed E-state index contributed by atoms with van der Waals surface area (Å²) < 4.78 is 0. The number of hydrogen-bond acceptors (Lipinski definition) is 1. The summed E-state index contributed by atoms with van der Waals surface area (Å²) in [5.74, 6) is 0.311. The fourth-order valence-corrected chi connectivity index (χ4v) is 5.15. The lowest BCUT2D eigenvalue weighted by atomic mass is 9.83. The normalized spacial score (nSPS) is 21.2. The Morgan fingerprint density at radius 1 is 0.812 bits per heavy atom. The van der Waals surface area contributed by atoms with E-state index in [0.717, 1.165) is 13.0 Å². The lowest BCUT2D eigenvalue weighted by Gasteiger charge is -2.26. The maximum atomic E-state index is 3.80. The van der Waals surface area contributed by atoms with Crippen molar-refractivity contribution in [1.29, 1.82) is 0 Å². The number of hydrogen-bond donors (Lipinski definition) is 2. The summed E-state index contributed by atoms with van der Waals surface area (Å²) in [6, 6.07) is 29.1. The molecule has 2 aliphatic heterocycles. The molecular weight excluding hydrogens is 388 g/mol. The SMILES string of the molecule is CC1=CC(c2ccccc2[C@H](C)c2ccccc2C2CC=CCN2)[NH+]=C1c1ccccc1.